The van der Waals surface area contributed by atoms with E-state index in [0.717, 1.165) is 48.6 Å². The van der Waals surface area contributed by atoms with E-state index >= 15 is 0 Å². The van der Waals surface area contributed by atoms with Crippen LogP contribution in [0.25, 0.3) is 11.4 Å². The van der Waals surface area contributed by atoms with Crippen LogP contribution in [0.4, 0.5) is 5.82 Å². The van der Waals surface area contributed by atoms with Crippen LogP contribution < -0.4 is 15.8 Å². The molecule has 0 unspecified atom stereocenters. The van der Waals surface area contributed by atoms with Crippen LogP contribution >= 0.6 is 0 Å². The van der Waals surface area contributed by atoms with Crippen LogP contribution in [0.3, 0.4) is 0 Å². The van der Waals surface area contributed by atoms with E-state index in [4.69, 9.17) is 4.42 Å². The van der Waals surface area contributed by atoms with Crippen LogP contribution in [-0.4, -0.2) is 40.0 Å². The zero-order valence-electron chi connectivity index (χ0n) is 17.1. The van der Waals surface area contributed by atoms with Crippen molar-refractivity contribution in [3.63, 3.8) is 0 Å². The Morgan fingerprint density at radius 2 is 2.10 bits per heavy atom. The van der Waals surface area contributed by atoms with Crippen LogP contribution in [0.5, 0.6) is 0 Å². The molecule has 0 saturated carbocycles. The minimum absolute atomic E-state index is 0.114. The van der Waals surface area contributed by atoms with Crippen LogP contribution in [0, 0.1) is 6.92 Å². The number of aromatic nitrogens is 3. The van der Waals surface area contributed by atoms with E-state index in [-0.39, 0.29) is 17.5 Å². The molecular weight excluding hydrogens is 382 g/mol. The fraction of sp³-hybridized carbons (Fsp3) is 0.364. The van der Waals surface area contributed by atoms with Gasteiger partial charge in [-0.3, -0.25) is 9.59 Å². The number of pyridine rings is 1. The van der Waals surface area contributed by atoms with E-state index < -0.39 is 0 Å². The molecule has 4 heterocycles. The average molecular weight is 407 g/mol. The molecule has 156 valence electrons. The second kappa shape index (κ2) is 8.52. The molecule has 2 N–H and O–H groups in total. The van der Waals surface area contributed by atoms with Gasteiger partial charge in [-0.15, -0.1) is 0 Å². The standard InChI is InChI=1S/C22H25N5O3/c1-3-16-12-19(28)26-21(24-16)15-4-5-18(23-13-15)27-9-6-17(7-10-27)25-22(29)20-14(2)8-11-30-20/h4-5,8,11-13,17H,3,6-7,9-10H2,1-2H3,(H,25,29)(H,24,26,28). The number of hydrogen-bond donors (Lipinski definition) is 2. The topological polar surface area (TPSA) is 104 Å². The SMILES string of the molecule is CCc1cc(=O)[nH]c(-c2ccc(N3CCC(NC(=O)c4occc4C)CC3)nc2)n1. The molecule has 3 aromatic heterocycles. The van der Waals surface area contributed by atoms with Crippen LogP contribution in [0.2, 0.25) is 0 Å². The maximum Gasteiger partial charge on any atom is 0.287 e. The molecule has 4 rings (SSSR count). The molecule has 0 aromatic carbocycles. The predicted octanol–water partition coefficient (Wildman–Crippen LogP) is 2.69. The monoisotopic (exact) mass is 407 g/mol. The number of carbonyl (C=O) groups excluding carboxylic acids is 1. The third kappa shape index (κ3) is 4.27. The van der Waals surface area contributed by atoms with Crippen molar-refractivity contribution in [2.75, 3.05) is 18.0 Å². The van der Waals surface area contributed by atoms with Gasteiger partial charge < -0.3 is 19.6 Å². The number of carbonyl (C=O) groups is 1. The number of furan rings is 1. The number of piperidine rings is 1. The predicted molar refractivity (Wildman–Crippen MR) is 114 cm³/mol. The molecule has 0 atom stereocenters. The number of rotatable bonds is 5. The van der Waals surface area contributed by atoms with E-state index in [0.29, 0.717) is 18.0 Å². The first-order chi connectivity index (χ1) is 14.5. The van der Waals surface area contributed by atoms with Gasteiger partial charge in [0.25, 0.3) is 11.5 Å². The summed E-state index contributed by atoms with van der Waals surface area (Å²) in [6.45, 7) is 5.43. The van der Waals surface area contributed by atoms with Crippen molar-refractivity contribution in [2.45, 2.75) is 39.2 Å². The Morgan fingerprint density at radius 1 is 1.30 bits per heavy atom. The summed E-state index contributed by atoms with van der Waals surface area (Å²) >= 11 is 0. The lowest BCUT2D eigenvalue weighted by Gasteiger charge is -2.33. The zero-order valence-corrected chi connectivity index (χ0v) is 17.1. The Labute approximate surface area is 174 Å². The number of nitrogens with zero attached hydrogens (tertiary/aromatic N) is 3. The van der Waals surface area contributed by atoms with Crippen LogP contribution in [-0.2, 0) is 6.42 Å². The molecule has 1 aliphatic rings. The highest BCUT2D eigenvalue weighted by atomic mass is 16.3. The molecule has 1 amide bonds. The van der Waals surface area contributed by atoms with Gasteiger partial charge >= 0.3 is 0 Å². The number of anilines is 1. The molecule has 8 heteroatoms. The van der Waals surface area contributed by atoms with Crippen LogP contribution in [0.1, 0.15) is 41.6 Å². The molecule has 1 saturated heterocycles. The first kappa shape index (κ1) is 19.9. The number of H-pyrrole nitrogens is 1. The molecular formula is C22H25N5O3. The first-order valence-electron chi connectivity index (χ1n) is 10.2. The Morgan fingerprint density at radius 3 is 2.73 bits per heavy atom. The average Bonchev–Trinajstić information content (AvgIpc) is 3.20. The Bertz CT molecular complexity index is 1080. The summed E-state index contributed by atoms with van der Waals surface area (Å²) < 4.78 is 5.27. The van der Waals surface area contributed by atoms with Crippen LogP contribution in [0.15, 0.2) is 45.9 Å². The Kier molecular flexibility index (Phi) is 5.65. The molecule has 30 heavy (non-hydrogen) atoms. The van der Waals surface area contributed by atoms with Gasteiger partial charge in [-0.1, -0.05) is 6.92 Å². The fourth-order valence-electron chi connectivity index (χ4n) is 3.65. The van der Waals surface area contributed by atoms with Crippen molar-refractivity contribution in [2.24, 2.45) is 0 Å². The van der Waals surface area contributed by atoms with Crippen molar-refractivity contribution in [1.82, 2.24) is 20.3 Å². The van der Waals surface area contributed by atoms with Crippen molar-refractivity contribution in [1.29, 1.82) is 0 Å². The molecule has 0 spiro atoms. The summed E-state index contributed by atoms with van der Waals surface area (Å²) in [5, 5.41) is 3.06. The van der Waals surface area contributed by atoms with Gasteiger partial charge in [0.2, 0.25) is 0 Å². The van der Waals surface area contributed by atoms with E-state index in [9.17, 15) is 9.59 Å². The molecule has 1 fully saturated rings. The molecule has 8 nitrogen and oxygen atoms in total. The van der Waals surface area contributed by atoms with Gasteiger partial charge in [0.05, 0.1) is 6.26 Å². The largest absolute Gasteiger partial charge is 0.459 e. The Hall–Kier alpha value is -3.42. The summed E-state index contributed by atoms with van der Waals surface area (Å²) in [5.41, 5.74) is 2.22. The lowest BCUT2D eigenvalue weighted by molar-refractivity contribution is 0.0902. The molecule has 3 aromatic rings. The summed E-state index contributed by atoms with van der Waals surface area (Å²) in [5.74, 6) is 1.63. The molecule has 0 aliphatic carbocycles. The second-order valence-corrected chi connectivity index (χ2v) is 7.51. The van der Waals surface area contributed by atoms with Gasteiger partial charge in [0.1, 0.15) is 11.6 Å². The maximum atomic E-state index is 12.3. The third-order valence-corrected chi connectivity index (χ3v) is 5.40. The molecule has 0 bridgehead atoms. The number of hydrogen-bond acceptors (Lipinski definition) is 6. The third-order valence-electron chi connectivity index (χ3n) is 5.40. The number of amides is 1. The van der Waals surface area contributed by atoms with Crippen molar-refractivity contribution < 1.29 is 9.21 Å². The minimum Gasteiger partial charge on any atom is -0.459 e. The Balaban J connectivity index is 1.37. The highest BCUT2D eigenvalue weighted by Gasteiger charge is 2.23. The zero-order chi connectivity index (χ0) is 21.1. The van der Waals surface area contributed by atoms with Gasteiger partial charge in [-0.2, -0.15) is 0 Å². The van der Waals surface area contributed by atoms with Gasteiger partial charge in [0, 0.05) is 48.2 Å². The fourth-order valence-corrected chi connectivity index (χ4v) is 3.65. The van der Waals surface area contributed by atoms with Gasteiger partial charge in [-0.25, -0.2) is 9.97 Å². The van der Waals surface area contributed by atoms with Gasteiger partial charge in [-0.05, 0) is 44.4 Å². The highest BCUT2D eigenvalue weighted by Crippen LogP contribution is 2.21. The van der Waals surface area contributed by atoms with E-state index in [1.807, 2.05) is 26.0 Å². The number of aromatic amines is 1. The molecule has 0 radical (unpaired) electrons. The lowest BCUT2D eigenvalue weighted by atomic mass is 10.0. The summed E-state index contributed by atoms with van der Waals surface area (Å²) in [6.07, 6.45) is 5.64. The number of aryl methyl sites for hydroxylation is 2. The lowest BCUT2D eigenvalue weighted by Crippen LogP contribution is -2.45. The molecule has 1 aliphatic heterocycles. The summed E-state index contributed by atoms with van der Waals surface area (Å²) in [4.78, 5) is 38.1. The van der Waals surface area contributed by atoms with Gasteiger partial charge in [0.15, 0.2) is 5.76 Å². The summed E-state index contributed by atoms with van der Waals surface area (Å²) in [6, 6.07) is 7.29. The van der Waals surface area contributed by atoms with E-state index in [1.165, 1.54) is 12.3 Å². The number of nitrogens with one attached hydrogen (secondary N) is 2. The van der Waals surface area contributed by atoms with Crippen molar-refractivity contribution >= 4 is 11.7 Å². The maximum absolute atomic E-state index is 12.3. The first-order valence-corrected chi connectivity index (χ1v) is 10.2. The van der Waals surface area contributed by atoms with E-state index in [2.05, 4.69) is 25.2 Å². The quantitative estimate of drug-likeness (QED) is 0.674. The van der Waals surface area contributed by atoms with Crippen molar-refractivity contribution in [3.05, 3.63) is 64.1 Å². The van der Waals surface area contributed by atoms with Crippen molar-refractivity contribution in [3.8, 4) is 11.4 Å². The smallest absolute Gasteiger partial charge is 0.287 e. The normalized spacial score (nSPS) is 14.7. The minimum atomic E-state index is -0.158. The summed E-state index contributed by atoms with van der Waals surface area (Å²) in [7, 11) is 0. The second-order valence-electron chi connectivity index (χ2n) is 7.51. The highest BCUT2D eigenvalue weighted by molar-refractivity contribution is 5.93. The van der Waals surface area contributed by atoms with E-state index in [1.54, 1.807) is 12.3 Å².